The van der Waals surface area contributed by atoms with Gasteiger partial charge in [-0.05, 0) is 43.8 Å². The lowest BCUT2D eigenvalue weighted by molar-refractivity contribution is -0.0110. The maximum Gasteiger partial charge on any atom is 0.260 e. The van der Waals surface area contributed by atoms with Crippen LogP contribution in [0.1, 0.15) is 18.4 Å². The molecule has 1 unspecified atom stereocenters. The number of rotatable bonds is 6. The maximum atomic E-state index is 6.24. The highest BCUT2D eigenvalue weighted by atomic mass is 32.2. The van der Waals surface area contributed by atoms with Crippen LogP contribution in [-0.2, 0) is 6.42 Å². The van der Waals surface area contributed by atoms with Gasteiger partial charge in [-0.3, -0.25) is 4.90 Å². The number of aromatic nitrogens is 2. The molecule has 0 aliphatic carbocycles. The molecule has 2 bridgehead atoms. The van der Waals surface area contributed by atoms with Gasteiger partial charge < -0.3 is 4.74 Å². The molecule has 1 aromatic heterocycles. The summed E-state index contributed by atoms with van der Waals surface area (Å²) in [6, 6.07) is 10.6. The number of piperidine rings is 3. The van der Waals surface area contributed by atoms with E-state index in [1.54, 1.807) is 11.8 Å². The summed E-state index contributed by atoms with van der Waals surface area (Å²) in [5.74, 6) is 2.46. The number of thioether (sulfide) groups is 1. The van der Waals surface area contributed by atoms with E-state index in [2.05, 4.69) is 44.0 Å². The minimum absolute atomic E-state index is 0.301. The molecule has 3 saturated heterocycles. The molecule has 5 rings (SSSR count). The molecule has 4 nitrogen and oxygen atoms in total. The highest BCUT2D eigenvalue weighted by molar-refractivity contribution is 7.99. The Labute approximate surface area is 145 Å². The Morgan fingerprint density at radius 1 is 1.17 bits per heavy atom. The molecule has 0 N–H and O–H groups in total. The zero-order valence-corrected chi connectivity index (χ0v) is 14.7. The van der Waals surface area contributed by atoms with Crippen molar-refractivity contribution in [3.05, 3.63) is 35.9 Å². The summed E-state index contributed by atoms with van der Waals surface area (Å²) in [4.78, 5) is 2.51. The fraction of sp³-hybridized carbons (Fsp3) is 0.529. The zero-order valence-electron chi connectivity index (χ0n) is 13.1. The van der Waals surface area contributed by atoms with Crippen molar-refractivity contribution < 1.29 is 4.74 Å². The standard InChI is InChI=1S/C17H21N3OS2/c1-2-4-13(5-3-1)8-11-22-17-16(18-23-19-17)21-15-12-20-9-6-14(15)7-10-20/h1-5,14-15H,6-12H2. The number of fused-ring (bicyclic) bond motifs is 3. The van der Waals surface area contributed by atoms with E-state index in [0.29, 0.717) is 12.0 Å². The number of nitrogens with zero attached hydrogens (tertiary/aromatic N) is 3. The number of benzene rings is 1. The van der Waals surface area contributed by atoms with E-state index in [4.69, 9.17) is 4.74 Å². The fourth-order valence-corrected chi connectivity index (χ4v) is 4.94. The van der Waals surface area contributed by atoms with Gasteiger partial charge in [0, 0.05) is 12.3 Å². The molecule has 2 aromatic rings. The molecule has 3 fully saturated rings. The van der Waals surface area contributed by atoms with Crippen LogP contribution in [0.3, 0.4) is 0 Å². The van der Waals surface area contributed by atoms with Crippen LogP contribution in [0.25, 0.3) is 0 Å². The van der Waals surface area contributed by atoms with Crippen LogP contribution in [0.15, 0.2) is 35.4 Å². The molecular weight excluding hydrogens is 326 g/mol. The van der Waals surface area contributed by atoms with Crippen LogP contribution < -0.4 is 4.74 Å². The van der Waals surface area contributed by atoms with Gasteiger partial charge in [0.15, 0.2) is 5.03 Å². The molecule has 6 heteroatoms. The second-order valence-electron chi connectivity index (χ2n) is 6.25. The Kier molecular flexibility index (Phi) is 4.82. The molecule has 0 spiro atoms. The van der Waals surface area contributed by atoms with Crippen molar-refractivity contribution in [3.63, 3.8) is 0 Å². The molecule has 23 heavy (non-hydrogen) atoms. The first-order valence-corrected chi connectivity index (χ1v) is 9.98. The van der Waals surface area contributed by atoms with Crippen molar-refractivity contribution in [2.45, 2.75) is 30.4 Å². The monoisotopic (exact) mass is 347 g/mol. The number of hydrogen-bond donors (Lipinski definition) is 0. The summed E-state index contributed by atoms with van der Waals surface area (Å²) in [5, 5.41) is 0.961. The molecule has 1 aromatic carbocycles. The predicted octanol–water partition coefficient (Wildman–Crippen LogP) is 3.35. The van der Waals surface area contributed by atoms with Gasteiger partial charge in [-0.25, -0.2) is 0 Å². The zero-order chi connectivity index (χ0) is 15.5. The second-order valence-corrected chi connectivity index (χ2v) is 7.86. The van der Waals surface area contributed by atoms with E-state index >= 15 is 0 Å². The summed E-state index contributed by atoms with van der Waals surface area (Å²) < 4.78 is 15.1. The van der Waals surface area contributed by atoms with E-state index in [9.17, 15) is 0 Å². The van der Waals surface area contributed by atoms with E-state index < -0.39 is 0 Å². The molecule has 0 saturated carbocycles. The number of ether oxygens (including phenoxy) is 1. The molecule has 0 amide bonds. The van der Waals surface area contributed by atoms with E-state index in [-0.39, 0.29) is 0 Å². The van der Waals surface area contributed by atoms with E-state index in [1.165, 1.54) is 43.2 Å². The number of aryl methyl sites for hydroxylation is 1. The Morgan fingerprint density at radius 3 is 2.74 bits per heavy atom. The van der Waals surface area contributed by atoms with Crippen LogP contribution in [0.2, 0.25) is 0 Å². The average molecular weight is 348 g/mol. The quantitative estimate of drug-likeness (QED) is 0.749. The van der Waals surface area contributed by atoms with Gasteiger partial charge in [0.05, 0.1) is 11.7 Å². The fourth-order valence-electron chi connectivity index (χ4n) is 3.43. The largest absolute Gasteiger partial charge is 0.470 e. The third-order valence-corrected chi connectivity index (χ3v) is 6.34. The van der Waals surface area contributed by atoms with Crippen molar-refractivity contribution in [1.29, 1.82) is 0 Å². The van der Waals surface area contributed by atoms with E-state index in [1.807, 2.05) is 0 Å². The molecule has 4 heterocycles. The van der Waals surface area contributed by atoms with Crippen LogP contribution >= 0.6 is 23.5 Å². The highest BCUT2D eigenvalue weighted by Crippen LogP contribution is 2.34. The van der Waals surface area contributed by atoms with Crippen LogP contribution in [0.5, 0.6) is 5.88 Å². The second kappa shape index (κ2) is 7.20. The van der Waals surface area contributed by atoms with Crippen LogP contribution in [-0.4, -0.2) is 45.1 Å². The molecular formula is C17H21N3OS2. The van der Waals surface area contributed by atoms with Crippen LogP contribution in [0, 0.1) is 5.92 Å². The van der Waals surface area contributed by atoms with Crippen molar-refractivity contribution in [2.24, 2.45) is 5.92 Å². The average Bonchev–Trinajstić information content (AvgIpc) is 3.04. The topological polar surface area (TPSA) is 38.3 Å². The molecule has 0 radical (unpaired) electrons. The van der Waals surface area contributed by atoms with Gasteiger partial charge in [0.2, 0.25) is 0 Å². The van der Waals surface area contributed by atoms with Gasteiger partial charge in [0.25, 0.3) is 5.88 Å². The summed E-state index contributed by atoms with van der Waals surface area (Å²) in [5.41, 5.74) is 1.36. The normalized spacial score (nSPS) is 26.3. The maximum absolute atomic E-state index is 6.24. The molecule has 122 valence electrons. The first-order chi connectivity index (χ1) is 11.4. The highest BCUT2D eigenvalue weighted by Gasteiger charge is 2.36. The summed E-state index contributed by atoms with van der Waals surface area (Å²) in [6.45, 7) is 3.52. The van der Waals surface area contributed by atoms with Crippen LogP contribution in [0.4, 0.5) is 0 Å². The smallest absolute Gasteiger partial charge is 0.260 e. The predicted molar refractivity (Wildman–Crippen MR) is 94.4 cm³/mol. The first kappa shape index (κ1) is 15.4. The lowest BCUT2D eigenvalue weighted by atomic mass is 9.86. The number of hydrogen-bond acceptors (Lipinski definition) is 6. The van der Waals surface area contributed by atoms with Gasteiger partial charge in [-0.2, -0.15) is 4.37 Å². The van der Waals surface area contributed by atoms with Gasteiger partial charge in [-0.15, -0.1) is 4.37 Å². The third kappa shape index (κ3) is 3.70. The third-order valence-electron chi connectivity index (χ3n) is 4.76. The summed E-state index contributed by atoms with van der Waals surface area (Å²) >= 11 is 3.02. The van der Waals surface area contributed by atoms with Gasteiger partial charge in [0.1, 0.15) is 6.10 Å². The Hall–Kier alpha value is -1.11. The van der Waals surface area contributed by atoms with E-state index in [0.717, 1.165) is 29.6 Å². The summed E-state index contributed by atoms with van der Waals surface area (Å²) in [6.07, 6.45) is 3.87. The van der Waals surface area contributed by atoms with Crippen molar-refractivity contribution in [2.75, 3.05) is 25.4 Å². The first-order valence-electron chi connectivity index (χ1n) is 8.27. The summed E-state index contributed by atoms with van der Waals surface area (Å²) in [7, 11) is 0. The van der Waals surface area contributed by atoms with Crippen molar-refractivity contribution in [3.8, 4) is 5.88 Å². The SMILES string of the molecule is c1ccc(CCSc2nsnc2OC2CN3CCC2CC3)cc1. The Balaban J connectivity index is 1.33. The van der Waals surface area contributed by atoms with Crippen molar-refractivity contribution in [1.82, 2.24) is 13.6 Å². The Bertz CT molecular complexity index is 626. The van der Waals surface area contributed by atoms with Crippen molar-refractivity contribution >= 4 is 23.5 Å². The lowest BCUT2D eigenvalue weighted by Crippen LogP contribution is -2.52. The minimum Gasteiger partial charge on any atom is -0.470 e. The van der Waals surface area contributed by atoms with Gasteiger partial charge in [-0.1, -0.05) is 42.1 Å². The molecule has 3 aliphatic heterocycles. The Morgan fingerprint density at radius 2 is 2.00 bits per heavy atom. The van der Waals surface area contributed by atoms with Gasteiger partial charge >= 0.3 is 0 Å². The lowest BCUT2D eigenvalue weighted by Gasteiger charge is -2.44. The molecule has 3 aliphatic rings. The minimum atomic E-state index is 0.301. The molecule has 1 atom stereocenters.